The first-order chi connectivity index (χ1) is 22.3. The molecule has 1 saturated heterocycles. The van der Waals surface area contributed by atoms with E-state index in [9.17, 15) is 23.4 Å². The number of halogens is 5. The van der Waals surface area contributed by atoms with E-state index in [1.165, 1.54) is 6.92 Å². The van der Waals surface area contributed by atoms with Gasteiger partial charge in [-0.05, 0) is 85.2 Å². The van der Waals surface area contributed by atoms with Crippen molar-refractivity contribution < 1.29 is 46.1 Å². The summed E-state index contributed by atoms with van der Waals surface area (Å²) in [7, 11) is -2.03. The molecule has 49 heavy (non-hydrogen) atoms. The summed E-state index contributed by atoms with van der Waals surface area (Å²) >= 11 is 0. The molecule has 4 aliphatic carbocycles. The Bertz CT molecular complexity index is 1460. The van der Waals surface area contributed by atoms with Gasteiger partial charge in [0.25, 0.3) is 0 Å². The largest absolute Gasteiger partial charge is 0.456 e. The molecule has 1 heterocycles. The average Bonchev–Trinajstić information content (AvgIpc) is 3.27. The third-order valence-electron chi connectivity index (χ3n) is 13.7. The highest BCUT2D eigenvalue weighted by Gasteiger charge is 2.79. The maximum Gasteiger partial charge on any atom is 0.456 e. The van der Waals surface area contributed by atoms with Gasteiger partial charge in [0.05, 0.1) is 25.4 Å². The number of ether oxygens (including phenoxy) is 2. The first-order valence-electron chi connectivity index (χ1n) is 17.9. The zero-order valence-electron chi connectivity index (χ0n) is 30.3. The maximum atomic E-state index is 15.4. The monoisotopic (exact) mass is 714 g/mol. The smallest absolute Gasteiger partial charge is 0.413 e. The Morgan fingerprint density at radius 1 is 0.898 bits per heavy atom. The minimum atomic E-state index is -5.89. The van der Waals surface area contributed by atoms with E-state index in [1.807, 2.05) is 24.3 Å². The molecule has 3 saturated carbocycles. The van der Waals surface area contributed by atoms with Crippen LogP contribution in [0.15, 0.2) is 35.4 Å². The third kappa shape index (κ3) is 5.88. The van der Waals surface area contributed by atoms with Gasteiger partial charge in [-0.3, -0.25) is 0 Å². The molecule has 0 aromatic heterocycles. The third-order valence-corrected chi connectivity index (χ3v) is 18.2. The molecule has 0 bridgehead atoms. The summed E-state index contributed by atoms with van der Waals surface area (Å²) in [5.41, 5.74) is -2.85. The number of aliphatic hydroxyl groups is 2. The molecule has 11 heteroatoms. The zero-order chi connectivity index (χ0) is 36.3. The Balaban J connectivity index is 1.40. The summed E-state index contributed by atoms with van der Waals surface area (Å²) in [5, 5.41) is 24.1. The van der Waals surface area contributed by atoms with Crippen molar-refractivity contribution in [2.75, 3.05) is 13.2 Å². The lowest BCUT2D eigenvalue weighted by molar-refractivity contribution is -0.362. The maximum absolute atomic E-state index is 15.4. The predicted octanol–water partition coefficient (Wildman–Crippen LogP) is 9.43. The first kappa shape index (κ1) is 37.4. The SMILES string of the molecule is CC1(C)COC2(CCC3=C4C(CC[C@@]3(O)C2)C2CC[C@@](O)(C(F)(F)C(F)(F)F)[C@@]2(C)C[C@@H]4c2ccc(CO[Si](C)(C)C(C)(C)C)cc2)OC1. The summed E-state index contributed by atoms with van der Waals surface area (Å²) in [5.74, 6) is -7.70. The molecule has 2 N–H and O–H groups in total. The number of benzene rings is 1. The summed E-state index contributed by atoms with van der Waals surface area (Å²) in [4.78, 5) is 0. The van der Waals surface area contributed by atoms with E-state index in [4.69, 9.17) is 13.9 Å². The molecule has 276 valence electrons. The molecule has 6 rings (SSSR count). The standard InChI is InChI=1S/C38H55F5O5Si/c1-31(2,3)49(7,8)48-20-24-9-11-25(12-10-24)27-19-33(6)28(15-18-36(33,45)37(39,40)38(41,42)43)26-13-16-34(44)21-35(17-14-29(34)30(26)27)46-22-32(4,5)23-47-35/h9-12,26-28,44-45H,13-23H2,1-8H3/t26?,27-,28?,33+,34-,36+/m1/s1. The van der Waals surface area contributed by atoms with Crippen molar-refractivity contribution in [2.24, 2.45) is 22.7 Å². The normalized spacial score (nSPS) is 36.3. The van der Waals surface area contributed by atoms with Crippen LogP contribution in [0.1, 0.15) is 110 Å². The summed E-state index contributed by atoms with van der Waals surface area (Å²) in [6.07, 6.45) is -4.58. The number of alkyl halides is 5. The fourth-order valence-electron chi connectivity index (χ4n) is 9.63. The van der Waals surface area contributed by atoms with Crippen LogP contribution in [0.3, 0.4) is 0 Å². The van der Waals surface area contributed by atoms with Gasteiger partial charge in [0, 0.05) is 29.6 Å². The van der Waals surface area contributed by atoms with Crippen LogP contribution in [0, 0.1) is 22.7 Å². The van der Waals surface area contributed by atoms with Crippen molar-refractivity contribution in [3.05, 3.63) is 46.5 Å². The minimum Gasteiger partial charge on any atom is -0.413 e. The van der Waals surface area contributed by atoms with Gasteiger partial charge in [-0.25, -0.2) is 0 Å². The number of hydrogen-bond acceptors (Lipinski definition) is 5. The zero-order valence-corrected chi connectivity index (χ0v) is 31.3. The van der Waals surface area contributed by atoms with Crippen molar-refractivity contribution in [3.63, 3.8) is 0 Å². The highest BCUT2D eigenvalue weighted by Crippen LogP contribution is 2.71. The van der Waals surface area contributed by atoms with E-state index in [0.717, 1.165) is 22.3 Å². The highest BCUT2D eigenvalue weighted by atomic mass is 28.4. The molecule has 0 radical (unpaired) electrons. The second kappa shape index (κ2) is 11.6. The predicted molar refractivity (Wildman–Crippen MR) is 180 cm³/mol. The first-order valence-corrected chi connectivity index (χ1v) is 20.8. The Morgan fingerprint density at radius 3 is 2.08 bits per heavy atom. The molecule has 6 atom stereocenters. The van der Waals surface area contributed by atoms with Crippen LogP contribution in [0.5, 0.6) is 0 Å². The Morgan fingerprint density at radius 2 is 1.51 bits per heavy atom. The molecule has 1 spiro atoms. The van der Waals surface area contributed by atoms with E-state index >= 15 is 8.78 Å². The van der Waals surface area contributed by atoms with E-state index in [-0.39, 0.29) is 35.6 Å². The lowest BCUT2D eigenvalue weighted by atomic mass is 9.49. The van der Waals surface area contributed by atoms with Crippen LogP contribution < -0.4 is 0 Å². The van der Waals surface area contributed by atoms with Gasteiger partial charge < -0.3 is 24.1 Å². The van der Waals surface area contributed by atoms with Crippen LogP contribution in [-0.4, -0.2) is 60.8 Å². The second-order valence-corrected chi connectivity index (χ2v) is 23.3. The quantitative estimate of drug-likeness (QED) is 0.181. The average molecular weight is 715 g/mol. The second-order valence-electron chi connectivity index (χ2n) is 18.5. The highest BCUT2D eigenvalue weighted by molar-refractivity contribution is 6.74. The van der Waals surface area contributed by atoms with Gasteiger partial charge in [-0.1, -0.05) is 71.4 Å². The molecule has 5 aliphatic rings. The number of allylic oxidation sites excluding steroid dienone is 1. The van der Waals surface area contributed by atoms with Gasteiger partial charge in [-0.2, -0.15) is 22.0 Å². The minimum absolute atomic E-state index is 0.0285. The molecular weight excluding hydrogens is 659 g/mol. The Labute approximate surface area is 289 Å². The molecule has 5 nitrogen and oxygen atoms in total. The summed E-state index contributed by atoms with van der Waals surface area (Å²) in [6.45, 7) is 17.8. The summed E-state index contributed by atoms with van der Waals surface area (Å²) < 4.78 is 91.9. The van der Waals surface area contributed by atoms with Crippen molar-refractivity contribution in [2.45, 2.75) is 153 Å². The Kier molecular flexibility index (Phi) is 8.82. The fraction of sp³-hybridized carbons (Fsp3) is 0.789. The van der Waals surface area contributed by atoms with Crippen molar-refractivity contribution >= 4 is 8.32 Å². The van der Waals surface area contributed by atoms with Gasteiger partial charge in [0.15, 0.2) is 14.1 Å². The molecule has 2 unspecified atom stereocenters. The van der Waals surface area contributed by atoms with Gasteiger partial charge in [0.1, 0.15) is 5.60 Å². The van der Waals surface area contributed by atoms with Crippen molar-refractivity contribution in [3.8, 4) is 0 Å². The lowest BCUT2D eigenvalue weighted by Gasteiger charge is -2.59. The van der Waals surface area contributed by atoms with Gasteiger partial charge in [-0.15, -0.1) is 0 Å². The molecule has 1 aromatic carbocycles. The molecule has 0 amide bonds. The molecule has 1 aromatic rings. The van der Waals surface area contributed by atoms with E-state index < -0.39 is 61.1 Å². The van der Waals surface area contributed by atoms with Crippen LogP contribution in [0.2, 0.25) is 18.1 Å². The molecular formula is C38H55F5O5Si. The number of hydrogen-bond donors (Lipinski definition) is 2. The summed E-state index contributed by atoms with van der Waals surface area (Å²) in [6, 6.07) is 7.73. The fourth-order valence-corrected chi connectivity index (χ4v) is 10.6. The Hall–Kier alpha value is -1.37. The van der Waals surface area contributed by atoms with E-state index in [0.29, 0.717) is 45.5 Å². The van der Waals surface area contributed by atoms with Gasteiger partial charge in [0.2, 0.25) is 0 Å². The molecule has 1 aliphatic heterocycles. The number of fused-ring (bicyclic) bond motifs is 4. The topological polar surface area (TPSA) is 68.2 Å². The lowest BCUT2D eigenvalue weighted by Crippen LogP contribution is -2.65. The van der Waals surface area contributed by atoms with Crippen LogP contribution in [-0.2, 0) is 20.5 Å². The number of rotatable bonds is 5. The van der Waals surface area contributed by atoms with Crippen LogP contribution in [0.25, 0.3) is 0 Å². The van der Waals surface area contributed by atoms with Crippen molar-refractivity contribution in [1.82, 2.24) is 0 Å². The molecule has 4 fully saturated rings. The van der Waals surface area contributed by atoms with E-state index in [1.54, 1.807) is 0 Å². The van der Waals surface area contributed by atoms with Gasteiger partial charge >= 0.3 is 12.1 Å². The van der Waals surface area contributed by atoms with Crippen LogP contribution in [0.4, 0.5) is 22.0 Å². The van der Waals surface area contributed by atoms with Crippen LogP contribution >= 0.6 is 0 Å². The van der Waals surface area contributed by atoms with Crippen molar-refractivity contribution in [1.29, 1.82) is 0 Å². The van der Waals surface area contributed by atoms with E-state index in [2.05, 4.69) is 47.7 Å².